The number of benzene rings is 1. The number of likely N-dealkylation sites (tertiary alicyclic amines) is 1. The second kappa shape index (κ2) is 5.32. The molecule has 0 atom stereocenters. The Bertz CT molecular complexity index is 300. The standard InChI is InChI=1S/C14H21N/c1-13-6-5-7-14(12-13)8-11-15-9-3-2-4-10-15/h5-7,12H,2-4,8-11H2,1H3. The van der Waals surface area contributed by atoms with Gasteiger partial charge in [-0.25, -0.2) is 0 Å². The van der Waals surface area contributed by atoms with Gasteiger partial charge in [0, 0.05) is 6.54 Å². The van der Waals surface area contributed by atoms with Gasteiger partial charge in [-0.15, -0.1) is 0 Å². The summed E-state index contributed by atoms with van der Waals surface area (Å²) in [4.78, 5) is 2.60. The Morgan fingerprint density at radius 3 is 2.67 bits per heavy atom. The van der Waals surface area contributed by atoms with E-state index in [1.54, 1.807) is 0 Å². The van der Waals surface area contributed by atoms with Crippen molar-refractivity contribution >= 4 is 0 Å². The van der Waals surface area contributed by atoms with Gasteiger partial charge in [-0.3, -0.25) is 0 Å². The molecule has 0 saturated carbocycles. The largest absolute Gasteiger partial charge is 0.303 e. The van der Waals surface area contributed by atoms with Crippen molar-refractivity contribution in [2.75, 3.05) is 19.6 Å². The summed E-state index contributed by atoms with van der Waals surface area (Å²) in [5, 5.41) is 0. The van der Waals surface area contributed by atoms with Gasteiger partial charge in [0.25, 0.3) is 0 Å². The highest BCUT2D eigenvalue weighted by molar-refractivity contribution is 5.22. The maximum atomic E-state index is 2.60. The Balaban J connectivity index is 1.81. The molecule has 1 aromatic rings. The first-order chi connectivity index (χ1) is 7.34. The zero-order valence-corrected chi connectivity index (χ0v) is 9.71. The molecule has 1 nitrogen and oxygen atoms in total. The van der Waals surface area contributed by atoms with Crippen molar-refractivity contribution in [3.8, 4) is 0 Å². The van der Waals surface area contributed by atoms with Gasteiger partial charge in [0.05, 0.1) is 0 Å². The molecule has 0 spiro atoms. The zero-order valence-electron chi connectivity index (χ0n) is 9.71. The molecule has 1 aliphatic rings. The number of hydrogen-bond acceptors (Lipinski definition) is 1. The summed E-state index contributed by atoms with van der Waals surface area (Å²) < 4.78 is 0. The number of aryl methyl sites for hydroxylation is 1. The molecule has 0 radical (unpaired) electrons. The lowest BCUT2D eigenvalue weighted by atomic mass is 10.1. The first-order valence-corrected chi connectivity index (χ1v) is 6.12. The van der Waals surface area contributed by atoms with Crippen LogP contribution in [0.25, 0.3) is 0 Å². The minimum Gasteiger partial charge on any atom is -0.303 e. The van der Waals surface area contributed by atoms with E-state index in [0.29, 0.717) is 0 Å². The zero-order chi connectivity index (χ0) is 10.5. The molecule has 1 saturated heterocycles. The summed E-state index contributed by atoms with van der Waals surface area (Å²) >= 11 is 0. The molecule has 1 aliphatic heterocycles. The van der Waals surface area contributed by atoms with E-state index in [4.69, 9.17) is 0 Å². The highest BCUT2D eigenvalue weighted by atomic mass is 15.1. The van der Waals surface area contributed by atoms with Gasteiger partial charge in [-0.1, -0.05) is 36.2 Å². The van der Waals surface area contributed by atoms with Crippen LogP contribution >= 0.6 is 0 Å². The summed E-state index contributed by atoms with van der Waals surface area (Å²) in [7, 11) is 0. The van der Waals surface area contributed by atoms with Gasteiger partial charge in [-0.2, -0.15) is 0 Å². The van der Waals surface area contributed by atoms with E-state index >= 15 is 0 Å². The van der Waals surface area contributed by atoms with Gasteiger partial charge < -0.3 is 4.90 Å². The van der Waals surface area contributed by atoms with Crippen LogP contribution in [0.1, 0.15) is 30.4 Å². The van der Waals surface area contributed by atoms with Crippen LogP contribution < -0.4 is 0 Å². The molecule has 0 aliphatic carbocycles. The van der Waals surface area contributed by atoms with Crippen molar-refractivity contribution in [2.24, 2.45) is 0 Å². The second-order valence-electron chi connectivity index (χ2n) is 4.64. The summed E-state index contributed by atoms with van der Waals surface area (Å²) in [6, 6.07) is 8.89. The van der Waals surface area contributed by atoms with Gasteiger partial charge in [-0.05, 0) is 44.8 Å². The molecular weight excluding hydrogens is 182 g/mol. The molecule has 0 amide bonds. The lowest BCUT2D eigenvalue weighted by Gasteiger charge is -2.26. The van der Waals surface area contributed by atoms with Crippen molar-refractivity contribution in [1.29, 1.82) is 0 Å². The van der Waals surface area contributed by atoms with Crippen molar-refractivity contribution in [3.63, 3.8) is 0 Å². The van der Waals surface area contributed by atoms with Gasteiger partial charge >= 0.3 is 0 Å². The van der Waals surface area contributed by atoms with Crippen LogP contribution in [-0.2, 0) is 6.42 Å². The number of nitrogens with zero attached hydrogens (tertiary/aromatic N) is 1. The third kappa shape index (κ3) is 3.35. The summed E-state index contributed by atoms with van der Waals surface area (Å²) in [5.41, 5.74) is 2.87. The van der Waals surface area contributed by atoms with Gasteiger partial charge in [0.2, 0.25) is 0 Å². The smallest absolute Gasteiger partial charge is 0.00218 e. The van der Waals surface area contributed by atoms with E-state index in [2.05, 4.69) is 36.1 Å². The van der Waals surface area contributed by atoms with E-state index in [-0.39, 0.29) is 0 Å². The average Bonchev–Trinajstić information content (AvgIpc) is 2.28. The van der Waals surface area contributed by atoms with Crippen molar-refractivity contribution in [2.45, 2.75) is 32.6 Å². The van der Waals surface area contributed by atoms with Crippen LogP contribution in [0.3, 0.4) is 0 Å². The molecule has 15 heavy (non-hydrogen) atoms. The quantitative estimate of drug-likeness (QED) is 0.730. The summed E-state index contributed by atoms with van der Waals surface area (Å²) in [6.07, 6.45) is 5.43. The predicted octanol–water partition coefficient (Wildman–Crippen LogP) is 3.02. The number of hydrogen-bond donors (Lipinski definition) is 0. The summed E-state index contributed by atoms with van der Waals surface area (Å²) in [6.45, 7) is 6.03. The first-order valence-electron chi connectivity index (χ1n) is 6.12. The van der Waals surface area contributed by atoms with E-state index in [1.807, 2.05) is 0 Å². The minimum absolute atomic E-state index is 1.21. The fourth-order valence-corrected chi connectivity index (χ4v) is 2.34. The predicted molar refractivity (Wildman–Crippen MR) is 65.2 cm³/mol. The molecule has 0 bridgehead atoms. The van der Waals surface area contributed by atoms with Crippen LogP contribution in [-0.4, -0.2) is 24.5 Å². The normalized spacial score (nSPS) is 17.9. The molecule has 82 valence electrons. The fourth-order valence-electron chi connectivity index (χ4n) is 2.34. The molecule has 1 fully saturated rings. The van der Waals surface area contributed by atoms with Crippen LogP contribution in [0, 0.1) is 6.92 Å². The highest BCUT2D eigenvalue weighted by Gasteiger charge is 2.09. The van der Waals surface area contributed by atoms with Gasteiger partial charge in [0.1, 0.15) is 0 Å². The molecule has 0 N–H and O–H groups in total. The Kier molecular flexibility index (Phi) is 3.79. The number of rotatable bonds is 3. The molecule has 1 aromatic carbocycles. The van der Waals surface area contributed by atoms with Crippen molar-refractivity contribution < 1.29 is 0 Å². The van der Waals surface area contributed by atoms with Crippen LogP contribution in [0.5, 0.6) is 0 Å². The third-order valence-corrected chi connectivity index (χ3v) is 3.25. The molecule has 0 unspecified atom stereocenters. The topological polar surface area (TPSA) is 3.24 Å². The van der Waals surface area contributed by atoms with E-state index in [9.17, 15) is 0 Å². The van der Waals surface area contributed by atoms with Crippen LogP contribution in [0.15, 0.2) is 24.3 Å². The molecular formula is C14H21N. The van der Waals surface area contributed by atoms with Crippen LogP contribution in [0.2, 0.25) is 0 Å². The molecule has 2 rings (SSSR count). The fraction of sp³-hybridized carbons (Fsp3) is 0.571. The minimum atomic E-state index is 1.21. The molecule has 0 aromatic heterocycles. The first kappa shape index (κ1) is 10.7. The third-order valence-electron chi connectivity index (χ3n) is 3.25. The van der Waals surface area contributed by atoms with E-state index in [0.717, 1.165) is 0 Å². The van der Waals surface area contributed by atoms with Gasteiger partial charge in [0.15, 0.2) is 0 Å². The second-order valence-corrected chi connectivity index (χ2v) is 4.64. The Morgan fingerprint density at radius 1 is 1.13 bits per heavy atom. The van der Waals surface area contributed by atoms with Crippen LogP contribution in [0.4, 0.5) is 0 Å². The SMILES string of the molecule is Cc1cccc(CCN2CCCCC2)c1. The van der Waals surface area contributed by atoms with Crippen molar-refractivity contribution in [1.82, 2.24) is 4.90 Å². The van der Waals surface area contributed by atoms with Crippen molar-refractivity contribution in [3.05, 3.63) is 35.4 Å². The molecule has 1 heteroatoms. The summed E-state index contributed by atoms with van der Waals surface area (Å²) in [5.74, 6) is 0. The monoisotopic (exact) mass is 203 g/mol. The average molecular weight is 203 g/mol. The lowest BCUT2D eigenvalue weighted by molar-refractivity contribution is 0.231. The maximum absolute atomic E-state index is 2.60. The lowest BCUT2D eigenvalue weighted by Crippen LogP contribution is -2.31. The Morgan fingerprint density at radius 2 is 1.93 bits per heavy atom. The highest BCUT2D eigenvalue weighted by Crippen LogP contribution is 2.10. The Labute approximate surface area is 93.1 Å². The molecule has 1 heterocycles. The van der Waals surface area contributed by atoms with E-state index < -0.39 is 0 Å². The van der Waals surface area contributed by atoms with E-state index in [1.165, 1.54) is 56.4 Å². The Hall–Kier alpha value is -0.820. The maximum Gasteiger partial charge on any atom is 0.00218 e. The number of piperidine rings is 1.